The molecule has 108 valence electrons. The van der Waals surface area contributed by atoms with Crippen molar-refractivity contribution in [1.29, 1.82) is 0 Å². The van der Waals surface area contributed by atoms with Crippen molar-refractivity contribution in [2.75, 3.05) is 0 Å². The largest absolute Gasteiger partial charge is 0.481 e. The van der Waals surface area contributed by atoms with Crippen molar-refractivity contribution in [3.8, 4) is 0 Å². The number of rotatable bonds is 8. The molecule has 0 aliphatic heterocycles. The molecule has 0 aliphatic carbocycles. The summed E-state index contributed by atoms with van der Waals surface area (Å²) in [5, 5.41) is 9.51. The minimum Gasteiger partial charge on any atom is -0.481 e. The Hall–Kier alpha value is -0.610. The van der Waals surface area contributed by atoms with Crippen LogP contribution >= 0.6 is 0 Å². The van der Waals surface area contributed by atoms with Crippen LogP contribution in [0.5, 0.6) is 0 Å². The first-order valence-electron chi connectivity index (χ1n) is 6.77. The van der Waals surface area contributed by atoms with Gasteiger partial charge in [0.2, 0.25) is 0 Å². The number of hydrogen-bond donors (Lipinski definition) is 1. The predicted molar refractivity (Wildman–Crippen MR) is 71.3 cm³/mol. The Kier molecular flexibility index (Phi) is 6.86. The van der Waals surface area contributed by atoms with Crippen LogP contribution in [-0.2, 0) is 14.6 Å². The molecule has 0 saturated heterocycles. The van der Waals surface area contributed by atoms with Crippen LogP contribution < -0.4 is 0 Å². The molecule has 1 N–H and O–H groups in total. The van der Waals surface area contributed by atoms with Gasteiger partial charge in [0.1, 0.15) is 6.10 Å². The van der Waals surface area contributed by atoms with E-state index in [1.807, 2.05) is 27.7 Å². The highest BCUT2D eigenvalue weighted by molar-refractivity contribution is 5.75. The van der Waals surface area contributed by atoms with Gasteiger partial charge >= 0.3 is 5.97 Å². The van der Waals surface area contributed by atoms with E-state index in [-0.39, 0.29) is 0 Å². The Morgan fingerprint density at radius 2 is 1.83 bits per heavy atom. The molecule has 0 heterocycles. The maximum absolute atomic E-state index is 11.6. The molecule has 0 rings (SSSR count). The first-order chi connectivity index (χ1) is 8.19. The normalized spacial score (nSPS) is 17.2. The van der Waals surface area contributed by atoms with Gasteiger partial charge in [-0.25, -0.2) is 9.78 Å². The second-order valence-electron chi connectivity index (χ2n) is 5.85. The number of aliphatic carboxylic acids is 1. The molecule has 0 aromatic carbocycles. The molecule has 0 aromatic heterocycles. The van der Waals surface area contributed by atoms with Crippen molar-refractivity contribution in [2.45, 2.75) is 78.9 Å². The zero-order chi connectivity index (χ0) is 14.4. The lowest BCUT2D eigenvalue weighted by molar-refractivity contribution is -0.384. The Morgan fingerprint density at radius 1 is 1.28 bits per heavy atom. The maximum atomic E-state index is 11.6. The Bertz CT molecular complexity index is 257. The summed E-state index contributed by atoms with van der Waals surface area (Å²) in [6.45, 7) is 11.3. The number of unbranched alkanes of at least 4 members (excludes halogenated alkanes) is 1. The van der Waals surface area contributed by atoms with Gasteiger partial charge in [-0.05, 0) is 40.5 Å². The Labute approximate surface area is 111 Å². The maximum Gasteiger partial charge on any atom is 0.312 e. The molecule has 4 heteroatoms. The third-order valence-corrected chi connectivity index (χ3v) is 3.25. The quantitative estimate of drug-likeness (QED) is 0.533. The number of carboxylic acids is 1. The molecular formula is C14H28O4. The van der Waals surface area contributed by atoms with Gasteiger partial charge in [-0.2, -0.15) is 0 Å². The second-order valence-corrected chi connectivity index (χ2v) is 5.85. The third kappa shape index (κ3) is 4.94. The smallest absolute Gasteiger partial charge is 0.312 e. The minimum absolute atomic E-state index is 0.434. The molecule has 0 amide bonds. The lowest BCUT2D eigenvalue weighted by Gasteiger charge is -2.34. The summed E-state index contributed by atoms with van der Waals surface area (Å²) in [6.07, 6.45) is 2.54. The van der Waals surface area contributed by atoms with E-state index >= 15 is 0 Å². The van der Waals surface area contributed by atoms with Gasteiger partial charge in [0.15, 0.2) is 0 Å². The molecule has 2 atom stereocenters. The van der Waals surface area contributed by atoms with Gasteiger partial charge in [0, 0.05) is 0 Å². The molecule has 4 nitrogen and oxygen atoms in total. The molecule has 0 aliphatic rings. The second kappa shape index (κ2) is 7.10. The predicted octanol–water partition coefficient (Wildman–Crippen LogP) is 3.79. The highest BCUT2D eigenvalue weighted by Crippen LogP contribution is 2.35. The summed E-state index contributed by atoms with van der Waals surface area (Å²) in [4.78, 5) is 22.2. The highest BCUT2D eigenvalue weighted by atomic mass is 17.2. The van der Waals surface area contributed by atoms with Crippen LogP contribution in [-0.4, -0.2) is 22.8 Å². The van der Waals surface area contributed by atoms with Crippen molar-refractivity contribution < 1.29 is 19.7 Å². The average molecular weight is 260 g/mol. The first-order valence-corrected chi connectivity index (χ1v) is 6.77. The SMILES string of the molecule is CCCCC(CC)(C(=O)O)C(C)OOC(C)(C)C. The number of carboxylic acid groups (broad SMARTS) is 1. The highest BCUT2D eigenvalue weighted by Gasteiger charge is 2.43. The van der Waals surface area contributed by atoms with Crippen LogP contribution in [0.25, 0.3) is 0 Å². The van der Waals surface area contributed by atoms with Crippen molar-refractivity contribution >= 4 is 5.97 Å². The summed E-state index contributed by atoms with van der Waals surface area (Å²) >= 11 is 0. The van der Waals surface area contributed by atoms with Gasteiger partial charge in [-0.3, -0.25) is 4.79 Å². The standard InChI is InChI=1S/C14H28O4/c1-7-9-10-14(8-2,12(15)16)11(3)17-18-13(4,5)6/h11H,7-10H2,1-6H3,(H,15,16). The molecule has 18 heavy (non-hydrogen) atoms. The van der Waals surface area contributed by atoms with Crippen LogP contribution in [0.2, 0.25) is 0 Å². The van der Waals surface area contributed by atoms with Gasteiger partial charge in [-0.15, -0.1) is 0 Å². The van der Waals surface area contributed by atoms with Crippen LogP contribution in [0.15, 0.2) is 0 Å². The van der Waals surface area contributed by atoms with Gasteiger partial charge in [0.05, 0.1) is 11.0 Å². The summed E-state index contributed by atoms with van der Waals surface area (Å²) in [6, 6.07) is 0. The van der Waals surface area contributed by atoms with Crippen LogP contribution in [0.4, 0.5) is 0 Å². The third-order valence-electron chi connectivity index (χ3n) is 3.25. The molecule has 0 aromatic rings. The number of hydrogen-bond acceptors (Lipinski definition) is 3. The molecule has 0 saturated carbocycles. The summed E-state index contributed by atoms with van der Waals surface area (Å²) < 4.78 is 0. The number of carbonyl (C=O) groups is 1. The minimum atomic E-state index is -0.860. The zero-order valence-corrected chi connectivity index (χ0v) is 12.6. The van der Waals surface area contributed by atoms with Crippen LogP contribution in [0, 0.1) is 5.41 Å². The molecule has 0 spiro atoms. The summed E-state index contributed by atoms with van der Waals surface area (Å²) in [5.74, 6) is -0.802. The molecular weight excluding hydrogens is 232 g/mol. The fraction of sp³-hybridized carbons (Fsp3) is 0.929. The topological polar surface area (TPSA) is 55.8 Å². The van der Waals surface area contributed by atoms with E-state index in [0.29, 0.717) is 12.8 Å². The first kappa shape index (κ1) is 17.4. The Morgan fingerprint density at radius 3 is 2.17 bits per heavy atom. The van der Waals surface area contributed by atoms with Crippen molar-refractivity contribution in [3.63, 3.8) is 0 Å². The summed E-state index contributed by atoms with van der Waals surface area (Å²) in [5.41, 5.74) is -1.29. The van der Waals surface area contributed by atoms with E-state index in [1.165, 1.54) is 0 Å². The van der Waals surface area contributed by atoms with E-state index in [1.54, 1.807) is 6.92 Å². The monoisotopic (exact) mass is 260 g/mol. The van der Waals surface area contributed by atoms with Crippen LogP contribution in [0.3, 0.4) is 0 Å². The van der Waals surface area contributed by atoms with E-state index < -0.39 is 23.1 Å². The van der Waals surface area contributed by atoms with E-state index in [0.717, 1.165) is 12.8 Å². The van der Waals surface area contributed by atoms with E-state index in [2.05, 4.69) is 6.92 Å². The van der Waals surface area contributed by atoms with Crippen molar-refractivity contribution in [3.05, 3.63) is 0 Å². The van der Waals surface area contributed by atoms with Crippen LogP contribution in [0.1, 0.15) is 67.2 Å². The zero-order valence-electron chi connectivity index (χ0n) is 12.6. The fourth-order valence-corrected chi connectivity index (χ4v) is 1.90. The van der Waals surface area contributed by atoms with E-state index in [9.17, 15) is 9.90 Å². The van der Waals surface area contributed by atoms with Gasteiger partial charge in [0.25, 0.3) is 0 Å². The van der Waals surface area contributed by atoms with Gasteiger partial charge < -0.3 is 5.11 Å². The molecule has 0 bridgehead atoms. The molecule has 2 unspecified atom stereocenters. The lowest BCUT2D eigenvalue weighted by Crippen LogP contribution is -2.43. The average Bonchev–Trinajstić information content (AvgIpc) is 2.26. The van der Waals surface area contributed by atoms with Crippen molar-refractivity contribution in [2.24, 2.45) is 5.41 Å². The van der Waals surface area contributed by atoms with Crippen molar-refractivity contribution in [1.82, 2.24) is 0 Å². The molecule has 0 fully saturated rings. The molecule has 0 radical (unpaired) electrons. The Balaban J connectivity index is 4.78. The fourth-order valence-electron chi connectivity index (χ4n) is 1.90. The summed E-state index contributed by atoms with van der Waals surface area (Å²) in [7, 11) is 0. The van der Waals surface area contributed by atoms with E-state index in [4.69, 9.17) is 9.78 Å². The lowest BCUT2D eigenvalue weighted by atomic mass is 9.76. The van der Waals surface area contributed by atoms with Gasteiger partial charge in [-0.1, -0.05) is 26.7 Å².